The molecule has 0 bridgehead atoms. The molecule has 7 nitrogen and oxygen atoms in total. The lowest BCUT2D eigenvalue weighted by Gasteiger charge is -2.21. The molecule has 7 heteroatoms. The van der Waals surface area contributed by atoms with Gasteiger partial charge in [0.2, 0.25) is 5.36 Å². The number of ketones is 1. The molecule has 37 heavy (non-hydrogen) atoms. The summed E-state index contributed by atoms with van der Waals surface area (Å²) in [6.07, 6.45) is 0. The summed E-state index contributed by atoms with van der Waals surface area (Å²) in [6, 6.07) is 14.8. The molecule has 0 aromatic heterocycles. The smallest absolute Gasteiger partial charge is 0.298 e. The average molecular weight is 502 g/mol. The third-order valence-electron chi connectivity index (χ3n) is 6.44. The van der Waals surface area contributed by atoms with Crippen LogP contribution in [-0.4, -0.2) is 45.6 Å². The van der Waals surface area contributed by atoms with Gasteiger partial charge in [0.15, 0.2) is 5.78 Å². The second-order valence-corrected chi connectivity index (χ2v) is 10.6. The quantitative estimate of drug-likeness (QED) is 0.181. The van der Waals surface area contributed by atoms with Crippen LogP contribution in [0, 0.1) is 5.41 Å². The van der Waals surface area contributed by atoms with Crippen molar-refractivity contribution in [1.29, 1.82) is 0 Å². The van der Waals surface area contributed by atoms with Crippen LogP contribution in [0.25, 0.3) is 33.4 Å². The Hall–Kier alpha value is -3.97. The highest BCUT2D eigenvalue weighted by atomic mass is 16.5. The standard InChI is InChI=1S/C30H33N2O5/c1-30(2,3)29(35)18-8-11-25(36-17-34)22(12-18)28-21-10-9-20(31(4)5)14-26(21)37-27-15-24(32(6)7)19(16-33)13-23(27)28/h8-15,17,33H,16H2,1-7H3/q+1. The Kier molecular flexibility index (Phi) is 6.93. The fraction of sp³-hybridized carbons (Fsp3) is 0.300. The monoisotopic (exact) mass is 501 g/mol. The maximum absolute atomic E-state index is 13.2. The van der Waals surface area contributed by atoms with Crippen molar-refractivity contribution in [1.82, 2.24) is 4.58 Å². The fourth-order valence-corrected chi connectivity index (χ4v) is 4.52. The minimum atomic E-state index is -0.592. The largest absolute Gasteiger partial charge is 0.456 e. The molecule has 4 rings (SSSR count). The summed E-state index contributed by atoms with van der Waals surface area (Å²) in [5.41, 5.74) is 4.32. The molecular formula is C30H33N2O5+. The number of carbonyl (C=O) groups is 2. The molecule has 0 fully saturated rings. The fourth-order valence-electron chi connectivity index (χ4n) is 4.52. The van der Waals surface area contributed by atoms with Gasteiger partial charge in [-0.15, -0.1) is 0 Å². The van der Waals surface area contributed by atoms with E-state index in [2.05, 4.69) is 0 Å². The van der Waals surface area contributed by atoms with Gasteiger partial charge in [0, 0.05) is 64.5 Å². The summed E-state index contributed by atoms with van der Waals surface area (Å²) in [5, 5.41) is 11.8. The van der Waals surface area contributed by atoms with E-state index >= 15 is 0 Å². The minimum Gasteiger partial charge on any atom is -0.456 e. The number of carbonyl (C=O) groups excluding carboxylic acids is 2. The Morgan fingerprint density at radius 3 is 2.38 bits per heavy atom. The van der Waals surface area contributed by atoms with Crippen LogP contribution in [0.4, 0.5) is 5.69 Å². The third-order valence-corrected chi connectivity index (χ3v) is 6.44. The first-order valence-corrected chi connectivity index (χ1v) is 12.1. The number of nitrogens with zero attached hydrogens (tertiary/aromatic N) is 2. The summed E-state index contributed by atoms with van der Waals surface area (Å²) in [6.45, 7) is 5.83. The van der Waals surface area contributed by atoms with E-state index in [4.69, 9.17) is 9.15 Å². The number of rotatable bonds is 6. The SMILES string of the molecule is CN(C)c1ccc2c(-c3cc(C(=O)C(C)(C)C)ccc3OC=O)c3cc(CO)c(=[N+](C)C)cc-3oc2c1. The van der Waals surface area contributed by atoms with Gasteiger partial charge in [-0.05, 0) is 36.4 Å². The Labute approximate surface area is 216 Å². The topological polar surface area (TPSA) is 83.0 Å². The highest BCUT2D eigenvalue weighted by Gasteiger charge is 2.27. The lowest BCUT2D eigenvalue weighted by Crippen LogP contribution is -2.26. The van der Waals surface area contributed by atoms with Gasteiger partial charge < -0.3 is 19.2 Å². The maximum Gasteiger partial charge on any atom is 0.298 e. The lowest BCUT2D eigenvalue weighted by atomic mass is 9.84. The minimum absolute atomic E-state index is 0.0264. The summed E-state index contributed by atoms with van der Waals surface area (Å²) in [7, 11) is 7.73. The molecule has 0 saturated carbocycles. The third kappa shape index (κ3) is 4.87. The van der Waals surface area contributed by atoms with E-state index in [0.717, 1.165) is 33.1 Å². The molecule has 0 spiro atoms. The molecule has 1 heterocycles. The molecule has 2 aromatic carbocycles. The van der Waals surface area contributed by atoms with Crippen molar-refractivity contribution < 1.29 is 23.8 Å². The van der Waals surface area contributed by atoms with Crippen molar-refractivity contribution >= 4 is 28.9 Å². The van der Waals surface area contributed by atoms with Gasteiger partial charge in [0.1, 0.15) is 31.2 Å². The molecule has 0 saturated heterocycles. The molecule has 2 aliphatic rings. The summed E-state index contributed by atoms with van der Waals surface area (Å²) < 4.78 is 13.7. The van der Waals surface area contributed by atoms with Crippen LogP contribution >= 0.6 is 0 Å². The first kappa shape index (κ1) is 26.1. The summed E-state index contributed by atoms with van der Waals surface area (Å²) >= 11 is 0. The first-order valence-electron chi connectivity index (χ1n) is 12.1. The predicted molar refractivity (Wildman–Crippen MR) is 146 cm³/mol. The number of aliphatic hydroxyl groups excluding tert-OH is 1. The van der Waals surface area contributed by atoms with E-state index in [1.54, 1.807) is 18.2 Å². The summed E-state index contributed by atoms with van der Waals surface area (Å²) in [4.78, 5) is 26.7. The Bertz CT molecular complexity index is 1550. The van der Waals surface area contributed by atoms with Crippen LogP contribution in [0.15, 0.2) is 52.9 Å². The molecule has 1 N–H and O–H groups in total. The highest BCUT2D eigenvalue weighted by Crippen LogP contribution is 2.45. The second-order valence-electron chi connectivity index (χ2n) is 10.6. The zero-order valence-corrected chi connectivity index (χ0v) is 22.4. The Morgan fingerprint density at radius 1 is 1.05 bits per heavy atom. The number of hydrogen-bond donors (Lipinski definition) is 1. The Balaban J connectivity index is 2.20. The van der Waals surface area contributed by atoms with E-state index in [0.29, 0.717) is 34.7 Å². The normalized spacial score (nSPS) is 11.6. The predicted octanol–water partition coefficient (Wildman–Crippen LogP) is 4.56. The van der Waals surface area contributed by atoms with E-state index in [9.17, 15) is 14.7 Å². The molecule has 1 aliphatic heterocycles. The van der Waals surface area contributed by atoms with Gasteiger partial charge in [-0.3, -0.25) is 9.59 Å². The van der Waals surface area contributed by atoms with Crippen molar-refractivity contribution in [2.45, 2.75) is 27.4 Å². The number of benzene rings is 3. The van der Waals surface area contributed by atoms with Crippen LogP contribution in [0.5, 0.6) is 5.75 Å². The number of anilines is 1. The van der Waals surface area contributed by atoms with Crippen LogP contribution in [0.3, 0.4) is 0 Å². The molecule has 192 valence electrons. The van der Waals surface area contributed by atoms with Gasteiger partial charge in [0.05, 0.1) is 12.7 Å². The van der Waals surface area contributed by atoms with Crippen LogP contribution in [0.2, 0.25) is 0 Å². The molecule has 0 radical (unpaired) electrons. The van der Waals surface area contributed by atoms with Crippen molar-refractivity contribution in [2.24, 2.45) is 5.41 Å². The van der Waals surface area contributed by atoms with E-state index in [1.807, 2.05) is 88.8 Å². The van der Waals surface area contributed by atoms with E-state index < -0.39 is 5.41 Å². The van der Waals surface area contributed by atoms with Gasteiger partial charge >= 0.3 is 0 Å². The number of fused-ring (bicyclic) bond motifs is 2. The van der Waals surface area contributed by atoms with Gasteiger partial charge in [-0.1, -0.05) is 20.8 Å². The van der Waals surface area contributed by atoms with Gasteiger partial charge in [0.25, 0.3) is 6.47 Å². The molecule has 2 aromatic rings. The lowest BCUT2D eigenvalue weighted by molar-refractivity contribution is -0.120. The number of aliphatic hydroxyl groups is 1. The van der Waals surface area contributed by atoms with Crippen LogP contribution < -0.4 is 19.6 Å². The van der Waals surface area contributed by atoms with E-state index in [-0.39, 0.29) is 12.4 Å². The number of Topliss-reactive ketones (excluding diaryl/α,β-unsaturated/α-hetero) is 1. The van der Waals surface area contributed by atoms with Crippen LogP contribution in [-0.2, 0) is 11.4 Å². The van der Waals surface area contributed by atoms with Gasteiger partial charge in [-0.2, -0.15) is 0 Å². The molecule has 0 unspecified atom stereocenters. The average Bonchev–Trinajstić information content (AvgIpc) is 2.85. The zero-order chi connectivity index (χ0) is 27.1. The maximum atomic E-state index is 13.2. The molecular weight excluding hydrogens is 468 g/mol. The molecule has 1 aliphatic carbocycles. The second kappa shape index (κ2) is 9.82. The van der Waals surface area contributed by atoms with E-state index in [1.165, 1.54) is 0 Å². The number of hydrogen-bond acceptors (Lipinski definition) is 6. The van der Waals surface area contributed by atoms with Crippen molar-refractivity contribution in [2.75, 3.05) is 33.1 Å². The number of ether oxygens (including phenoxy) is 1. The molecule has 0 amide bonds. The first-order chi connectivity index (χ1) is 17.5. The van der Waals surface area contributed by atoms with Crippen molar-refractivity contribution in [3.05, 3.63) is 65.0 Å². The zero-order valence-electron chi connectivity index (χ0n) is 22.4. The summed E-state index contributed by atoms with van der Waals surface area (Å²) in [5.74, 6) is 0.901. The van der Waals surface area contributed by atoms with Crippen molar-refractivity contribution in [3.8, 4) is 28.2 Å². The highest BCUT2D eigenvalue weighted by molar-refractivity contribution is 6.07. The molecule has 0 atom stereocenters. The van der Waals surface area contributed by atoms with Crippen molar-refractivity contribution in [3.63, 3.8) is 0 Å². The van der Waals surface area contributed by atoms with Gasteiger partial charge in [-0.25, -0.2) is 4.58 Å². The van der Waals surface area contributed by atoms with Crippen LogP contribution in [0.1, 0.15) is 36.7 Å². The Morgan fingerprint density at radius 2 is 1.78 bits per heavy atom.